The molecule has 1 fully saturated rings. The fourth-order valence-electron chi connectivity index (χ4n) is 4.05. The predicted molar refractivity (Wildman–Crippen MR) is 127 cm³/mol. The molecule has 34 heavy (non-hydrogen) atoms. The number of aryl methyl sites for hydroxylation is 1. The number of aromatic nitrogens is 4. The molecule has 0 aliphatic heterocycles. The maximum Gasteiger partial charge on any atom is 0.247 e. The Morgan fingerprint density at radius 2 is 1.79 bits per heavy atom. The van der Waals surface area contributed by atoms with Crippen LogP contribution in [0.25, 0.3) is 11.4 Å². The van der Waals surface area contributed by atoms with Gasteiger partial charge in [0.15, 0.2) is 0 Å². The van der Waals surface area contributed by atoms with E-state index >= 15 is 0 Å². The van der Waals surface area contributed by atoms with Crippen LogP contribution in [0.15, 0.2) is 48.5 Å². The maximum absolute atomic E-state index is 13.2. The highest BCUT2D eigenvalue weighted by molar-refractivity contribution is 5.84. The minimum atomic E-state index is -0.259. The molecule has 0 unspecified atom stereocenters. The Morgan fingerprint density at radius 3 is 2.47 bits per heavy atom. The van der Waals surface area contributed by atoms with Crippen LogP contribution in [0.4, 0.5) is 0 Å². The van der Waals surface area contributed by atoms with Gasteiger partial charge < -0.3 is 15.0 Å². The lowest BCUT2D eigenvalue weighted by molar-refractivity contribution is -0.137. The summed E-state index contributed by atoms with van der Waals surface area (Å²) in [4.78, 5) is 28.7. The SMILES string of the molecule is COc1ccc(CN(CC(=O)NC2CCCC2)C(=O)Cn2nnc(-c3ccc(C)cc3)n2)cc1. The number of carbonyl (C=O) groups is 2. The summed E-state index contributed by atoms with van der Waals surface area (Å²) < 4.78 is 5.21. The molecule has 1 saturated carbocycles. The molecule has 0 bridgehead atoms. The number of nitrogens with zero attached hydrogens (tertiary/aromatic N) is 5. The predicted octanol–water partition coefficient (Wildman–Crippen LogP) is 2.74. The number of carbonyl (C=O) groups excluding carboxylic acids is 2. The first-order valence-electron chi connectivity index (χ1n) is 11.5. The fraction of sp³-hybridized carbons (Fsp3) is 0.400. The molecule has 2 amide bonds. The van der Waals surface area contributed by atoms with Crippen LogP contribution < -0.4 is 10.1 Å². The average Bonchev–Trinajstić information content (AvgIpc) is 3.52. The van der Waals surface area contributed by atoms with Crippen molar-refractivity contribution in [2.45, 2.75) is 51.7 Å². The molecule has 1 aromatic heterocycles. The molecule has 2 aromatic carbocycles. The molecule has 0 atom stereocenters. The van der Waals surface area contributed by atoms with Crippen molar-refractivity contribution in [3.05, 3.63) is 59.7 Å². The zero-order chi connectivity index (χ0) is 23.9. The highest BCUT2D eigenvalue weighted by Gasteiger charge is 2.22. The van der Waals surface area contributed by atoms with Gasteiger partial charge in [-0.1, -0.05) is 54.8 Å². The van der Waals surface area contributed by atoms with E-state index in [4.69, 9.17) is 4.74 Å². The van der Waals surface area contributed by atoms with Gasteiger partial charge in [0.25, 0.3) is 0 Å². The van der Waals surface area contributed by atoms with Gasteiger partial charge >= 0.3 is 0 Å². The number of hydrogen-bond acceptors (Lipinski definition) is 6. The van der Waals surface area contributed by atoms with Crippen LogP contribution >= 0.6 is 0 Å². The first kappa shape index (κ1) is 23.4. The topological polar surface area (TPSA) is 102 Å². The number of methoxy groups -OCH3 is 1. The molecular formula is C25H30N6O3. The molecule has 9 nitrogen and oxygen atoms in total. The lowest BCUT2D eigenvalue weighted by Gasteiger charge is -2.23. The number of nitrogens with one attached hydrogen (secondary N) is 1. The van der Waals surface area contributed by atoms with Gasteiger partial charge in [0.2, 0.25) is 17.6 Å². The third-order valence-electron chi connectivity index (χ3n) is 5.98. The quantitative estimate of drug-likeness (QED) is 0.525. The zero-order valence-corrected chi connectivity index (χ0v) is 19.6. The number of rotatable bonds is 9. The first-order valence-corrected chi connectivity index (χ1v) is 11.5. The van der Waals surface area contributed by atoms with Crippen LogP contribution in [0.2, 0.25) is 0 Å². The molecule has 1 aliphatic carbocycles. The Labute approximate surface area is 199 Å². The monoisotopic (exact) mass is 462 g/mol. The van der Waals surface area contributed by atoms with E-state index in [9.17, 15) is 9.59 Å². The Kier molecular flexibility index (Phi) is 7.51. The lowest BCUT2D eigenvalue weighted by Crippen LogP contribution is -2.44. The van der Waals surface area contributed by atoms with Gasteiger partial charge in [0.1, 0.15) is 12.3 Å². The van der Waals surface area contributed by atoms with Gasteiger partial charge in [-0.25, -0.2) is 0 Å². The summed E-state index contributed by atoms with van der Waals surface area (Å²) in [6.45, 7) is 2.17. The second kappa shape index (κ2) is 10.9. The fourth-order valence-corrected chi connectivity index (χ4v) is 4.05. The summed E-state index contributed by atoms with van der Waals surface area (Å²) in [7, 11) is 1.61. The number of benzene rings is 2. The molecule has 1 aliphatic rings. The molecule has 0 radical (unpaired) electrons. The summed E-state index contributed by atoms with van der Waals surface area (Å²) in [5, 5.41) is 15.5. The van der Waals surface area contributed by atoms with Crippen molar-refractivity contribution in [3.63, 3.8) is 0 Å². The first-order chi connectivity index (χ1) is 16.5. The second-order valence-corrected chi connectivity index (χ2v) is 8.66. The summed E-state index contributed by atoms with van der Waals surface area (Å²) in [6.07, 6.45) is 4.23. The number of ether oxygens (including phenoxy) is 1. The zero-order valence-electron chi connectivity index (χ0n) is 19.6. The van der Waals surface area contributed by atoms with Crippen molar-refractivity contribution in [2.24, 2.45) is 0 Å². The number of hydrogen-bond donors (Lipinski definition) is 1. The molecule has 3 aromatic rings. The average molecular weight is 463 g/mol. The highest BCUT2D eigenvalue weighted by atomic mass is 16.5. The maximum atomic E-state index is 13.2. The molecular weight excluding hydrogens is 432 g/mol. The van der Waals surface area contributed by atoms with Crippen LogP contribution in [0.1, 0.15) is 36.8 Å². The normalized spacial score (nSPS) is 13.6. The number of tetrazole rings is 1. The smallest absolute Gasteiger partial charge is 0.247 e. The second-order valence-electron chi connectivity index (χ2n) is 8.66. The lowest BCUT2D eigenvalue weighted by atomic mass is 10.1. The van der Waals surface area contributed by atoms with Crippen LogP contribution in [-0.4, -0.2) is 56.6 Å². The van der Waals surface area contributed by atoms with E-state index in [1.54, 1.807) is 7.11 Å². The van der Waals surface area contributed by atoms with Crippen molar-refractivity contribution < 1.29 is 14.3 Å². The third-order valence-corrected chi connectivity index (χ3v) is 5.98. The highest BCUT2D eigenvalue weighted by Crippen LogP contribution is 2.18. The van der Waals surface area contributed by atoms with E-state index in [0.717, 1.165) is 48.1 Å². The van der Waals surface area contributed by atoms with Gasteiger partial charge in [-0.15, -0.1) is 10.2 Å². The van der Waals surface area contributed by atoms with Gasteiger partial charge in [-0.05, 0) is 42.7 Å². The van der Waals surface area contributed by atoms with Gasteiger partial charge in [0, 0.05) is 18.2 Å². The van der Waals surface area contributed by atoms with E-state index in [2.05, 4.69) is 20.7 Å². The Balaban J connectivity index is 1.45. The van der Waals surface area contributed by atoms with E-state index < -0.39 is 0 Å². The summed E-state index contributed by atoms with van der Waals surface area (Å²) in [5.41, 5.74) is 2.86. The van der Waals surface area contributed by atoms with Crippen LogP contribution in [-0.2, 0) is 22.7 Å². The van der Waals surface area contributed by atoms with Crippen molar-refractivity contribution in [3.8, 4) is 17.1 Å². The Bertz CT molecular complexity index is 1100. The van der Waals surface area contributed by atoms with Crippen molar-refractivity contribution in [1.82, 2.24) is 30.4 Å². The van der Waals surface area contributed by atoms with E-state index in [1.165, 1.54) is 9.70 Å². The molecule has 1 N–H and O–H groups in total. The Morgan fingerprint density at radius 1 is 1.09 bits per heavy atom. The molecule has 0 spiro atoms. The summed E-state index contributed by atoms with van der Waals surface area (Å²) in [6, 6.07) is 15.4. The van der Waals surface area contributed by atoms with E-state index in [1.807, 2.05) is 55.5 Å². The molecule has 0 saturated heterocycles. The van der Waals surface area contributed by atoms with Crippen molar-refractivity contribution >= 4 is 11.8 Å². The largest absolute Gasteiger partial charge is 0.497 e. The molecule has 4 rings (SSSR count). The number of amides is 2. The molecule has 1 heterocycles. The van der Waals surface area contributed by atoms with E-state index in [0.29, 0.717) is 12.4 Å². The van der Waals surface area contributed by atoms with Crippen LogP contribution in [0.5, 0.6) is 5.75 Å². The van der Waals surface area contributed by atoms with Gasteiger partial charge in [-0.2, -0.15) is 4.80 Å². The van der Waals surface area contributed by atoms with Crippen LogP contribution in [0, 0.1) is 6.92 Å². The van der Waals surface area contributed by atoms with E-state index in [-0.39, 0.29) is 30.9 Å². The Hall–Kier alpha value is -3.75. The minimum absolute atomic E-state index is 0.0269. The van der Waals surface area contributed by atoms with Crippen LogP contribution in [0.3, 0.4) is 0 Å². The van der Waals surface area contributed by atoms with Crippen molar-refractivity contribution in [2.75, 3.05) is 13.7 Å². The van der Waals surface area contributed by atoms with Crippen molar-refractivity contribution in [1.29, 1.82) is 0 Å². The third kappa shape index (κ3) is 6.18. The van der Waals surface area contributed by atoms with Gasteiger partial charge in [-0.3, -0.25) is 9.59 Å². The molecule has 9 heteroatoms. The standard InChI is InChI=1S/C25H30N6O3/c1-18-7-11-20(12-8-18)25-27-29-31(28-25)17-24(33)30(15-19-9-13-22(34-2)14-10-19)16-23(32)26-21-5-3-4-6-21/h7-14,21H,3-6,15-17H2,1-2H3,(H,26,32). The summed E-state index contributed by atoms with van der Waals surface area (Å²) in [5.74, 6) is 0.774. The van der Waals surface area contributed by atoms with Gasteiger partial charge in [0.05, 0.1) is 13.7 Å². The minimum Gasteiger partial charge on any atom is -0.497 e. The molecule has 178 valence electrons. The summed E-state index contributed by atoms with van der Waals surface area (Å²) >= 11 is 0.